The zero-order valence-electron chi connectivity index (χ0n) is 16.7. The SMILES string of the molecule is Cc1ccc(NC(=O)c2cc(S(=O)(=O)N3CCCc4ccccc43)ccc2F)cc1Cl. The van der Waals surface area contributed by atoms with Crippen molar-refractivity contribution in [2.24, 2.45) is 0 Å². The molecule has 0 unspecified atom stereocenters. The molecule has 3 aromatic rings. The van der Waals surface area contributed by atoms with Crippen molar-refractivity contribution in [2.75, 3.05) is 16.2 Å². The number of carbonyl (C=O) groups excluding carboxylic acids is 1. The maximum absolute atomic E-state index is 14.4. The molecule has 0 aliphatic carbocycles. The first-order valence-corrected chi connectivity index (χ1v) is 11.6. The predicted molar refractivity (Wildman–Crippen MR) is 120 cm³/mol. The number of amides is 1. The Bertz CT molecular complexity index is 1280. The molecular weight excluding hydrogens is 439 g/mol. The topological polar surface area (TPSA) is 66.5 Å². The lowest BCUT2D eigenvalue weighted by Crippen LogP contribution is -2.35. The quantitative estimate of drug-likeness (QED) is 0.585. The molecule has 4 rings (SSSR count). The summed E-state index contributed by atoms with van der Waals surface area (Å²) in [5.41, 5.74) is 2.41. The predicted octanol–water partition coefficient (Wildman–Crippen LogP) is 5.18. The largest absolute Gasteiger partial charge is 0.322 e. The van der Waals surface area contributed by atoms with Gasteiger partial charge in [-0.05, 0) is 67.3 Å². The van der Waals surface area contributed by atoms with E-state index in [1.807, 2.05) is 19.1 Å². The van der Waals surface area contributed by atoms with Gasteiger partial charge in [-0.15, -0.1) is 0 Å². The molecule has 5 nitrogen and oxygen atoms in total. The molecule has 0 radical (unpaired) electrons. The lowest BCUT2D eigenvalue weighted by Gasteiger charge is -2.30. The summed E-state index contributed by atoms with van der Waals surface area (Å²) in [6.45, 7) is 2.14. The summed E-state index contributed by atoms with van der Waals surface area (Å²) < 4.78 is 42.4. The Hall–Kier alpha value is -2.90. The number of fused-ring (bicyclic) bond motifs is 1. The summed E-state index contributed by atoms with van der Waals surface area (Å²) in [4.78, 5) is 12.5. The number of halogens is 2. The van der Waals surface area contributed by atoms with E-state index in [1.165, 1.54) is 10.4 Å². The molecule has 3 aromatic carbocycles. The van der Waals surface area contributed by atoms with Crippen molar-refractivity contribution in [1.82, 2.24) is 0 Å². The van der Waals surface area contributed by atoms with E-state index in [0.717, 1.165) is 29.7 Å². The zero-order chi connectivity index (χ0) is 22.2. The molecule has 1 N–H and O–H groups in total. The Labute approximate surface area is 185 Å². The Morgan fingerprint density at radius 1 is 1.10 bits per heavy atom. The molecule has 160 valence electrons. The van der Waals surface area contributed by atoms with Gasteiger partial charge in [0, 0.05) is 17.3 Å². The summed E-state index contributed by atoms with van der Waals surface area (Å²) in [6.07, 6.45) is 1.47. The monoisotopic (exact) mass is 458 g/mol. The second-order valence-electron chi connectivity index (χ2n) is 7.37. The minimum atomic E-state index is -3.97. The molecule has 0 atom stereocenters. The minimum Gasteiger partial charge on any atom is -0.322 e. The molecule has 0 saturated heterocycles. The second kappa shape index (κ2) is 8.32. The van der Waals surface area contributed by atoms with Crippen LogP contribution < -0.4 is 9.62 Å². The van der Waals surface area contributed by atoms with Crippen LogP contribution in [0, 0.1) is 12.7 Å². The van der Waals surface area contributed by atoms with Gasteiger partial charge in [0.05, 0.1) is 16.1 Å². The first-order chi connectivity index (χ1) is 14.8. The van der Waals surface area contributed by atoms with Gasteiger partial charge in [-0.3, -0.25) is 9.10 Å². The number of para-hydroxylation sites is 1. The van der Waals surface area contributed by atoms with Gasteiger partial charge in [0.15, 0.2) is 0 Å². The van der Waals surface area contributed by atoms with Gasteiger partial charge < -0.3 is 5.32 Å². The summed E-state index contributed by atoms with van der Waals surface area (Å²) in [7, 11) is -3.97. The van der Waals surface area contributed by atoms with E-state index in [1.54, 1.807) is 30.3 Å². The summed E-state index contributed by atoms with van der Waals surface area (Å²) >= 11 is 6.08. The van der Waals surface area contributed by atoms with E-state index in [2.05, 4.69) is 5.32 Å². The van der Waals surface area contributed by atoms with Gasteiger partial charge in [-0.25, -0.2) is 12.8 Å². The van der Waals surface area contributed by atoms with Crippen molar-refractivity contribution < 1.29 is 17.6 Å². The molecule has 1 aliphatic rings. The third-order valence-electron chi connectivity index (χ3n) is 5.27. The average molecular weight is 459 g/mol. The molecule has 31 heavy (non-hydrogen) atoms. The molecule has 8 heteroatoms. The van der Waals surface area contributed by atoms with E-state index in [-0.39, 0.29) is 10.5 Å². The van der Waals surface area contributed by atoms with E-state index in [4.69, 9.17) is 11.6 Å². The van der Waals surface area contributed by atoms with Crippen LogP contribution in [0.1, 0.15) is 27.9 Å². The van der Waals surface area contributed by atoms with E-state index in [0.29, 0.717) is 29.4 Å². The zero-order valence-corrected chi connectivity index (χ0v) is 18.3. The Balaban J connectivity index is 1.67. The summed E-state index contributed by atoms with van der Waals surface area (Å²) in [6, 6.07) is 15.5. The van der Waals surface area contributed by atoms with Crippen LogP contribution in [0.4, 0.5) is 15.8 Å². The number of benzene rings is 3. The number of hydrogen-bond donors (Lipinski definition) is 1. The molecule has 0 bridgehead atoms. The first kappa shape index (κ1) is 21.3. The maximum atomic E-state index is 14.4. The van der Waals surface area contributed by atoms with Crippen molar-refractivity contribution in [3.8, 4) is 0 Å². The molecule has 1 aliphatic heterocycles. The molecule has 0 aromatic heterocycles. The Morgan fingerprint density at radius 3 is 2.65 bits per heavy atom. The number of carbonyl (C=O) groups is 1. The molecule has 0 saturated carbocycles. The van der Waals surface area contributed by atoms with Gasteiger partial charge in [0.1, 0.15) is 5.82 Å². The second-order valence-corrected chi connectivity index (χ2v) is 9.64. The summed E-state index contributed by atoms with van der Waals surface area (Å²) in [5.74, 6) is -1.57. The van der Waals surface area contributed by atoms with Gasteiger partial charge in [0.2, 0.25) is 0 Å². The highest BCUT2D eigenvalue weighted by Gasteiger charge is 2.30. The molecule has 1 heterocycles. The fraction of sp³-hybridized carbons (Fsp3) is 0.174. The minimum absolute atomic E-state index is 0.141. The van der Waals surface area contributed by atoms with Crippen LogP contribution in [0.15, 0.2) is 65.6 Å². The Morgan fingerprint density at radius 2 is 1.87 bits per heavy atom. The molecule has 0 fully saturated rings. The van der Waals surface area contributed by atoms with Crippen molar-refractivity contribution in [3.05, 3.63) is 88.2 Å². The van der Waals surface area contributed by atoms with Crippen LogP contribution in [0.25, 0.3) is 0 Å². The fourth-order valence-corrected chi connectivity index (χ4v) is 5.33. The van der Waals surface area contributed by atoms with Gasteiger partial charge >= 0.3 is 0 Å². The van der Waals surface area contributed by atoms with Crippen LogP contribution in [0.5, 0.6) is 0 Å². The van der Waals surface area contributed by atoms with Crippen LogP contribution in [0.3, 0.4) is 0 Å². The lowest BCUT2D eigenvalue weighted by atomic mass is 10.0. The molecule has 0 spiro atoms. The third-order valence-corrected chi connectivity index (χ3v) is 7.48. The lowest BCUT2D eigenvalue weighted by molar-refractivity contribution is 0.102. The van der Waals surface area contributed by atoms with Crippen LogP contribution in [-0.2, 0) is 16.4 Å². The smallest absolute Gasteiger partial charge is 0.264 e. The number of sulfonamides is 1. The number of hydrogen-bond acceptors (Lipinski definition) is 3. The average Bonchev–Trinajstić information content (AvgIpc) is 2.76. The van der Waals surface area contributed by atoms with E-state index < -0.39 is 21.7 Å². The summed E-state index contributed by atoms with van der Waals surface area (Å²) in [5, 5.41) is 3.03. The van der Waals surface area contributed by atoms with Gasteiger partial charge in [-0.1, -0.05) is 35.9 Å². The first-order valence-electron chi connectivity index (χ1n) is 9.75. The van der Waals surface area contributed by atoms with Crippen molar-refractivity contribution in [1.29, 1.82) is 0 Å². The number of nitrogens with zero attached hydrogens (tertiary/aromatic N) is 1. The van der Waals surface area contributed by atoms with Crippen LogP contribution >= 0.6 is 11.6 Å². The van der Waals surface area contributed by atoms with E-state index in [9.17, 15) is 17.6 Å². The van der Waals surface area contributed by atoms with Crippen molar-refractivity contribution >= 4 is 38.9 Å². The number of anilines is 2. The van der Waals surface area contributed by atoms with Crippen molar-refractivity contribution in [2.45, 2.75) is 24.7 Å². The standard InChI is InChI=1S/C23H20ClFN2O3S/c1-15-8-9-17(13-20(15)24)26-23(28)19-14-18(10-11-21(19)25)31(29,30)27-12-4-6-16-5-2-3-7-22(16)27/h2-3,5,7-11,13-14H,4,6,12H2,1H3,(H,26,28). The van der Waals surface area contributed by atoms with Gasteiger partial charge in [0.25, 0.3) is 15.9 Å². The highest BCUT2D eigenvalue weighted by atomic mass is 35.5. The van der Waals surface area contributed by atoms with Crippen LogP contribution in [0.2, 0.25) is 5.02 Å². The maximum Gasteiger partial charge on any atom is 0.264 e. The van der Waals surface area contributed by atoms with Gasteiger partial charge in [-0.2, -0.15) is 0 Å². The third kappa shape index (κ3) is 4.16. The molecular formula is C23H20ClFN2O3S. The Kier molecular flexibility index (Phi) is 5.73. The van der Waals surface area contributed by atoms with Crippen LogP contribution in [-0.4, -0.2) is 20.9 Å². The highest BCUT2D eigenvalue weighted by molar-refractivity contribution is 7.92. The van der Waals surface area contributed by atoms with Crippen molar-refractivity contribution in [3.63, 3.8) is 0 Å². The van der Waals surface area contributed by atoms with E-state index >= 15 is 0 Å². The molecule has 1 amide bonds. The highest BCUT2D eigenvalue weighted by Crippen LogP contribution is 2.32. The number of aryl methyl sites for hydroxylation is 2. The number of nitrogens with one attached hydrogen (secondary N) is 1. The fourth-order valence-electron chi connectivity index (χ4n) is 3.58. The number of rotatable bonds is 4. The normalized spacial score (nSPS) is 13.6.